The van der Waals surface area contributed by atoms with Crippen molar-refractivity contribution in [3.8, 4) is 12.1 Å². The Morgan fingerprint density at radius 2 is 2.00 bits per heavy atom. The van der Waals surface area contributed by atoms with Gasteiger partial charge in [-0.15, -0.1) is 0 Å². The normalized spacial score (nSPS) is 8.89. The fourth-order valence-electron chi connectivity index (χ4n) is 1.26. The molecule has 0 spiro atoms. The fourth-order valence-corrected chi connectivity index (χ4v) is 1.53. The summed E-state index contributed by atoms with van der Waals surface area (Å²) in [6.45, 7) is 0. The molecule has 6 heteroatoms. The van der Waals surface area contributed by atoms with Crippen LogP contribution in [-0.2, 0) is 0 Å². The molecule has 0 atom stereocenters. The lowest BCUT2D eigenvalue weighted by Crippen LogP contribution is -2.21. The van der Waals surface area contributed by atoms with Crippen LogP contribution in [0.15, 0.2) is 30.0 Å². The Kier molecular flexibility index (Phi) is 4.93. The van der Waals surface area contributed by atoms with Crippen LogP contribution in [0.3, 0.4) is 0 Å². The second-order valence-electron chi connectivity index (χ2n) is 3.82. The van der Waals surface area contributed by atoms with E-state index in [0.29, 0.717) is 16.3 Å². The van der Waals surface area contributed by atoms with E-state index in [-0.39, 0.29) is 11.5 Å². The molecule has 0 saturated carbocycles. The van der Waals surface area contributed by atoms with E-state index in [4.69, 9.17) is 22.1 Å². The first kappa shape index (κ1) is 14.6. The van der Waals surface area contributed by atoms with Crippen LogP contribution in [0, 0.1) is 22.7 Å². The molecule has 0 bridgehead atoms. The molecule has 0 aliphatic rings. The summed E-state index contributed by atoms with van der Waals surface area (Å²) >= 11 is 6.01. The van der Waals surface area contributed by atoms with Crippen molar-refractivity contribution >= 4 is 23.2 Å². The van der Waals surface area contributed by atoms with Gasteiger partial charge >= 0.3 is 0 Å². The second kappa shape index (κ2) is 6.44. The van der Waals surface area contributed by atoms with E-state index in [1.54, 1.807) is 44.4 Å². The molecule has 1 rings (SSSR count). The number of hydrogen-bond acceptors (Lipinski definition) is 4. The smallest absolute Gasteiger partial charge is 0.254 e. The summed E-state index contributed by atoms with van der Waals surface area (Å²) in [7, 11) is 3.28. The van der Waals surface area contributed by atoms with Gasteiger partial charge in [0.05, 0.1) is 10.6 Å². The molecule has 1 aromatic rings. The number of carbonyl (C=O) groups excluding carboxylic acids is 1. The van der Waals surface area contributed by atoms with Crippen LogP contribution >= 0.6 is 11.6 Å². The maximum Gasteiger partial charge on any atom is 0.254 e. The minimum Gasteiger partial charge on any atom is -0.360 e. The quantitative estimate of drug-likeness (QED) is 0.858. The lowest BCUT2D eigenvalue weighted by atomic mass is 10.2. The highest BCUT2D eigenvalue weighted by molar-refractivity contribution is 6.34. The largest absolute Gasteiger partial charge is 0.360 e. The number of nitrogens with zero attached hydrogens (tertiary/aromatic N) is 3. The molecule has 0 aliphatic carbocycles. The Hall–Kier alpha value is -2.50. The summed E-state index contributed by atoms with van der Waals surface area (Å²) in [5.74, 6) is -0.193. The van der Waals surface area contributed by atoms with E-state index in [2.05, 4.69) is 5.32 Å². The van der Waals surface area contributed by atoms with Gasteiger partial charge in [0.15, 0.2) is 0 Å². The summed E-state index contributed by atoms with van der Waals surface area (Å²) in [6, 6.07) is 8.23. The zero-order valence-electron chi connectivity index (χ0n) is 10.4. The molecule has 0 radical (unpaired) electrons. The van der Waals surface area contributed by atoms with Crippen molar-refractivity contribution in [1.82, 2.24) is 4.90 Å². The maximum atomic E-state index is 11.8. The number of allylic oxidation sites excluding steroid dienone is 1. The van der Waals surface area contributed by atoms with Gasteiger partial charge < -0.3 is 10.2 Å². The molecular weight excluding hydrogens is 264 g/mol. The average molecular weight is 275 g/mol. The molecule has 1 amide bonds. The number of halogens is 1. The minimum absolute atomic E-state index is 0.0513. The lowest BCUT2D eigenvalue weighted by molar-refractivity contribution is 0.0828. The van der Waals surface area contributed by atoms with Gasteiger partial charge in [0, 0.05) is 26.0 Å². The zero-order valence-corrected chi connectivity index (χ0v) is 11.2. The Morgan fingerprint density at radius 3 is 2.47 bits per heavy atom. The molecule has 5 nitrogen and oxygen atoms in total. The SMILES string of the molecule is CN(C)C(=O)c1ccc(NC=C(C#N)C#N)cc1Cl. The number of nitrogens with one attached hydrogen (secondary N) is 1. The van der Waals surface area contributed by atoms with Crippen LogP contribution in [0.4, 0.5) is 5.69 Å². The van der Waals surface area contributed by atoms with Crippen molar-refractivity contribution in [2.45, 2.75) is 0 Å². The van der Waals surface area contributed by atoms with Gasteiger partial charge in [-0.05, 0) is 18.2 Å². The van der Waals surface area contributed by atoms with E-state index in [9.17, 15) is 4.79 Å². The molecule has 0 unspecified atom stereocenters. The third-order valence-electron chi connectivity index (χ3n) is 2.23. The molecule has 0 saturated heterocycles. The molecule has 0 aliphatic heterocycles. The second-order valence-corrected chi connectivity index (χ2v) is 4.23. The predicted molar refractivity (Wildman–Crippen MR) is 72.4 cm³/mol. The topological polar surface area (TPSA) is 79.9 Å². The predicted octanol–water partition coefficient (Wildman–Crippen LogP) is 2.38. The Bertz CT molecular complexity index is 592. The highest BCUT2D eigenvalue weighted by Gasteiger charge is 2.12. The van der Waals surface area contributed by atoms with Gasteiger partial charge in [0.25, 0.3) is 5.91 Å². The number of amides is 1. The Morgan fingerprint density at radius 1 is 1.37 bits per heavy atom. The van der Waals surface area contributed by atoms with Gasteiger partial charge in [-0.2, -0.15) is 10.5 Å². The highest BCUT2D eigenvalue weighted by Crippen LogP contribution is 2.22. The number of carbonyl (C=O) groups is 1. The van der Waals surface area contributed by atoms with Gasteiger partial charge in [0.1, 0.15) is 17.7 Å². The van der Waals surface area contributed by atoms with Gasteiger partial charge in [0.2, 0.25) is 0 Å². The van der Waals surface area contributed by atoms with E-state index in [0.717, 1.165) is 0 Å². The first-order valence-electron chi connectivity index (χ1n) is 5.27. The van der Waals surface area contributed by atoms with Crippen LogP contribution in [0.5, 0.6) is 0 Å². The van der Waals surface area contributed by atoms with Crippen molar-refractivity contribution in [1.29, 1.82) is 10.5 Å². The Balaban J connectivity index is 2.96. The number of hydrogen-bond donors (Lipinski definition) is 1. The summed E-state index contributed by atoms with van der Waals surface area (Å²) in [6.07, 6.45) is 1.28. The fraction of sp³-hybridized carbons (Fsp3) is 0.154. The third kappa shape index (κ3) is 3.74. The van der Waals surface area contributed by atoms with E-state index in [1.807, 2.05) is 0 Å². The van der Waals surface area contributed by atoms with Crippen molar-refractivity contribution in [2.24, 2.45) is 0 Å². The van der Waals surface area contributed by atoms with Crippen LogP contribution in [0.2, 0.25) is 5.02 Å². The minimum atomic E-state index is -0.193. The number of anilines is 1. The van der Waals surface area contributed by atoms with Crippen molar-refractivity contribution in [3.63, 3.8) is 0 Å². The highest BCUT2D eigenvalue weighted by atomic mass is 35.5. The van der Waals surface area contributed by atoms with Crippen LogP contribution < -0.4 is 5.32 Å². The summed E-state index contributed by atoms with van der Waals surface area (Å²) in [5.41, 5.74) is 0.926. The number of nitriles is 2. The maximum absolute atomic E-state index is 11.8. The van der Waals surface area contributed by atoms with Gasteiger partial charge in [-0.3, -0.25) is 4.79 Å². The van der Waals surface area contributed by atoms with E-state index < -0.39 is 0 Å². The molecule has 1 N–H and O–H groups in total. The van der Waals surface area contributed by atoms with Crippen molar-refractivity contribution in [2.75, 3.05) is 19.4 Å². The van der Waals surface area contributed by atoms with E-state index in [1.165, 1.54) is 11.1 Å². The lowest BCUT2D eigenvalue weighted by Gasteiger charge is -2.12. The monoisotopic (exact) mass is 274 g/mol. The van der Waals surface area contributed by atoms with Crippen LogP contribution in [0.1, 0.15) is 10.4 Å². The summed E-state index contributed by atoms with van der Waals surface area (Å²) in [5, 5.41) is 20.2. The molecule has 96 valence electrons. The molecule has 19 heavy (non-hydrogen) atoms. The molecule has 1 aromatic carbocycles. The van der Waals surface area contributed by atoms with Crippen molar-refractivity contribution < 1.29 is 4.79 Å². The molecule has 0 aromatic heterocycles. The Labute approximate surface area is 116 Å². The molecule has 0 heterocycles. The summed E-state index contributed by atoms with van der Waals surface area (Å²) < 4.78 is 0. The number of rotatable bonds is 3. The first-order chi connectivity index (χ1) is 8.99. The third-order valence-corrected chi connectivity index (χ3v) is 2.54. The average Bonchev–Trinajstić information content (AvgIpc) is 2.39. The standard InChI is InChI=1S/C13H11ClN4O/c1-18(2)13(19)11-4-3-10(5-12(11)14)17-8-9(6-15)7-16/h3-5,8,17H,1-2H3. The van der Waals surface area contributed by atoms with Gasteiger partial charge in [-0.25, -0.2) is 0 Å². The number of benzene rings is 1. The molecule has 0 fully saturated rings. The molecular formula is C13H11ClN4O. The van der Waals surface area contributed by atoms with Crippen molar-refractivity contribution in [3.05, 3.63) is 40.6 Å². The first-order valence-corrected chi connectivity index (χ1v) is 5.65. The van der Waals surface area contributed by atoms with Crippen LogP contribution in [0.25, 0.3) is 0 Å². The van der Waals surface area contributed by atoms with E-state index >= 15 is 0 Å². The van der Waals surface area contributed by atoms with Crippen LogP contribution in [-0.4, -0.2) is 24.9 Å². The summed E-state index contributed by atoms with van der Waals surface area (Å²) in [4.78, 5) is 13.2. The zero-order chi connectivity index (χ0) is 14.4. The van der Waals surface area contributed by atoms with Gasteiger partial charge in [-0.1, -0.05) is 11.6 Å².